The molecule has 0 unspecified atom stereocenters. The number of piperidine rings is 1. The van der Waals surface area contributed by atoms with Crippen LogP contribution in [-0.2, 0) is 16.6 Å². The predicted octanol–water partition coefficient (Wildman–Crippen LogP) is 2.64. The zero-order valence-corrected chi connectivity index (χ0v) is 13.7. The summed E-state index contributed by atoms with van der Waals surface area (Å²) in [7, 11) is -3.31. The van der Waals surface area contributed by atoms with Crippen molar-refractivity contribution in [1.82, 2.24) is 8.61 Å². The summed E-state index contributed by atoms with van der Waals surface area (Å²) in [4.78, 5) is 1.34. The first-order valence-corrected chi connectivity index (χ1v) is 9.61. The second kappa shape index (κ2) is 5.40. The van der Waals surface area contributed by atoms with Gasteiger partial charge in [-0.1, -0.05) is 6.92 Å². The highest BCUT2D eigenvalue weighted by molar-refractivity contribution is 7.86. The van der Waals surface area contributed by atoms with Crippen LogP contribution < -0.4 is 0 Å². The van der Waals surface area contributed by atoms with Crippen molar-refractivity contribution < 1.29 is 8.42 Å². The Labute approximate surface area is 125 Å². The lowest BCUT2D eigenvalue weighted by molar-refractivity contribution is 0.245. The van der Waals surface area contributed by atoms with Crippen LogP contribution in [0.25, 0.3) is 0 Å². The molecule has 2 aliphatic rings. The van der Waals surface area contributed by atoms with Gasteiger partial charge in [0.15, 0.2) is 0 Å². The normalized spacial score (nSPS) is 26.6. The third kappa shape index (κ3) is 2.43. The van der Waals surface area contributed by atoms with Gasteiger partial charge in [0.1, 0.15) is 0 Å². The Balaban J connectivity index is 1.82. The Kier molecular flexibility index (Phi) is 3.92. The minimum Gasteiger partial charge on any atom is -0.195 e. The predicted molar refractivity (Wildman–Crippen MR) is 82.0 cm³/mol. The van der Waals surface area contributed by atoms with Gasteiger partial charge in [0, 0.05) is 30.6 Å². The molecule has 0 N–H and O–H groups in total. The molecule has 1 fully saturated rings. The molecule has 4 nitrogen and oxygen atoms in total. The maximum atomic E-state index is 12.8. The highest BCUT2D eigenvalue weighted by Gasteiger charge is 2.38. The van der Waals surface area contributed by atoms with Crippen molar-refractivity contribution in [3.05, 3.63) is 21.9 Å². The summed E-state index contributed by atoms with van der Waals surface area (Å²) < 4.78 is 29.1. The van der Waals surface area contributed by atoms with E-state index in [-0.39, 0.29) is 6.04 Å². The first-order chi connectivity index (χ1) is 9.50. The van der Waals surface area contributed by atoms with Crippen LogP contribution >= 0.6 is 11.3 Å². The standard InChI is InChI=1S/C14H22N2O2S2/c1-11-3-7-15(8-4-11)20(17,18)16-9-5-14-13(12(16)2)6-10-19-14/h6,10-12H,3-5,7-9H2,1-2H3/t12-/m1/s1. The Hall–Kier alpha value is -0.430. The number of fused-ring (bicyclic) bond motifs is 1. The molecule has 0 aliphatic carbocycles. The molecule has 0 radical (unpaired) electrons. The molecule has 112 valence electrons. The van der Waals surface area contributed by atoms with Gasteiger partial charge in [-0.3, -0.25) is 0 Å². The van der Waals surface area contributed by atoms with E-state index in [0.717, 1.165) is 19.3 Å². The van der Waals surface area contributed by atoms with Gasteiger partial charge in [-0.05, 0) is 49.1 Å². The number of rotatable bonds is 2. The molecule has 6 heteroatoms. The van der Waals surface area contributed by atoms with Crippen LogP contribution in [0.5, 0.6) is 0 Å². The molecular formula is C14H22N2O2S2. The third-order valence-corrected chi connectivity index (χ3v) is 7.69. The summed E-state index contributed by atoms with van der Waals surface area (Å²) in [6, 6.07) is 2.04. The van der Waals surface area contributed by atoms with Gasteiger partial charge < -0.3 is 0 Å². The van der Waals surface area contributed by atoms with Crippen LogP contribution in [0.2, 0.25) is 0 Å². The fourth-order valence-corrected chi connectivity index (χ4v) is 5.93. The summed E-state index contributed by atoms with van der Waals surface area (Å²) in [5.74, 6) is 0.642. The van der Waals surface area contributed by atoms with Gasteiger partial charge in [-0.15, -0.1) is 11.3 Å². The number of thiophene rings is 1. The van der Waals surface area contributed by atoms with E-state index in [2.05, 4.69) is 18.4 Å². The first kappa shape index (κ1) is 14.5. The molecule has 0 amide bonds. The maximum Gasteiger partial charge on any atom is 0.282 e. The Bertz CT molecular complexity index is 574. The van der Waals surface area contributed by atoms with E-state index in [0.29, 0.717) is 25.6 Å². The van der Waals surface area contributed by atoms with Gasteiger partial charge in [0.25, 0.3) is 10.2 Å². The smallest absolute Gasteiger partial charge is 0.195 e. The summed E-state index contributed by atoms with van der Waals surface area (Å²) in [6.07, 6.45) is 2.80. The Morgan fingerprint density at radius 1 is 1.20 bits per heavy atom. The van der Waals surface area contributed by atoms with E-state index < -0.39 is 10.2 Å². The molecule has 1 saturated heterocycles. The first-order valence-electron chi connectivity index (χ1n) is 7.33. The van der Waals surface area contributed by atoms with Gasteiger partial charge >= 0.3 is 0 Å². The zero-order valence-electron chi connectivity index (χ0n) is 12.1. The average Bonchev–Trinajstić information content (AvgIpc) is 2.88. The van der Waals surface area contributed by atoms with E-state index in [1.54, 1.807) is 19.9 Å². The highest BCUT2D eigenvalue weighted by atomic mass is 32.2. The second-order valence-electron chi connectivity index (χ2n) is 5.93. The zero-order chi connectivity index (χ0) is 14.3. The molecule has 0 spiro atoms. The van der Waals surface area contributed by atoms with Gasteiger partial charge in [0.05, 0.1) is 0 Å². The van der Waals surface area contributed by atoms with Gasteiger partial charge in [-0.25, -0.2) is 0 Å². The van der Waals surface area contributed by atoms with Crippen molar-refractivity contribution in [2.45, 2.75) is 39.2 Å². The fraction of sp³-hybridized carbons (Fsp3) is 0.714. The number of hydrogen-bond acceptors (Lipinski definition) is 3. The van der Waals surface area contributed by atoms with Crippen molar-refractivity contribution in [3.8, 4) is 0 Å². The topological polar surface area (TPSA) is 40.6 Å². The van der Waals surface area contributed by atoms with Crippen molar-refractivity contribution >= 4 is 21.5 Å². The summed E-state index contributed by atoms with van der Waals surface area (Å²) in [5.41, 5.74) is 1.19. The number of hydrogen-bond donors (Lipinski definition) is 0. The lowest BCUT2D eigenvalue weighted by Gasteiger charge is -2.38. The molecular weight excluding hydrogens is 292 g/mol. The molecule has 3 rings (SSSR count). The van der Waals surface area contributed by atoms with Crippen LogP contribution in [-0.4, -0.2) is 36.7 Å². The summed E-state index contributed by atoms with van der Waals surface area (Å²) >= 11 is 1.74. The summed E-state index contributed by atoms with van der Waals surface area (Å²) in [6.45, 7) is 6.16. The summed E-state index contributed by atoms with van der Waals surface area (Å²) in [5, 5.41) is 2.07. The lowest BCUT2D eigenvalue weighted by atomic mass is 10.0. The van der Waals surface area contributed by atoms with Crippen LogP contribution in [0.4, 0.5) is 0 Å². The van der Waals surface area contributed by atoms with Crippen LogP contribution in [0.1, 0.15) is 43.2 Å². The molecule has 20 heavy (non-hydrogen) atoms. The lowest BCUT2D eigenvalue weighted by Crippen LogP contribution is -2.49. The minimum atomic E-state index is -3.31. The fourth-order valence-electron chi connectivity index (χ4n) is 3.17. The molecule has 2 aliphatic heterocycles. The largest absolute Gasteiger partial charge is 0.282 e. The quantitative estimate of drug-likeness (QED) is 0.842. The molecule has 1 aromatic heterocycles. The molecule has 1 aromatic rings. The third-order valence-electron chi connectivity index (χ3n) is 4.59. The van der Waals surface area contributed by atoms with Crippen LogP contribution in [0.3, 0.4) is 0 Å². The van der Waals surface area contributed by atoms with Gasteiger partial charge in [-0.2, -0.15) is 17.0 Å². The molecule has 3 heterocycles. The Morgan fingerprint density at radius 3 is 2.60 bits per heavy atom. The van der Waals surface area contributed by atoms with Crippen molar-refractivity contribution in [1.29, 1.82) is 0 Å². The highest BCUT2D eigenvalue weighted by Crippen LogP contribution is 2.35. The van der Waals surface area contributed by atoms with Crippen molar-refractivity contribution in [2.24, 2.45) is 5.92 Å². The van der Waals surface area contributed by atoms with Crippen molar-refractivity contribution in [2.75, 3.05) is 19.6 Å². The minimum absolute atomic E-state index is 0.0330. The molecule has 0 aromatic carbocycles. The molecule has 1 atom stereocenters. The van der Waals surface area contributed by atoms with Gasteiger partial charge in [0.2, 0.25) is 0 Å². The van der Waals surface area contributed by atoms with E-state index in [9.17, 15) is 8.42 Å². The van der Waals surface area contributed by atoms with Crippen LogP contribution in [0.15, 0.2) is 11.4 Å². The maximum absolute atomic E-state index is 12.8. The van der Waals surface area contributed by atoms with Crippen LogP contribution in [0, 0.1) is 5.92 Å². The van der Waals surface area contributed by atoms with Crippen molar-refractivity contribution in [3.63, 3.8) is 0 Å². The Morgan fingerprint density at radius 2 is 1.90 bits per heavy atom. The van der Waals surface area contributed by atoms with E-state index in [4.69, 9.17) is 0 Å². The average molecular weight is 314 g/mol. The molecule has 0 bridgehead atoms. The second-order valence-corrected chi connectivity index (χ2v) is 8.81. The van der Waals surface area contributed by atoms with E-state index in [1.807, 2.05) is 6.92 Å². The SMILES string of the molecule is CC1CCN(S(=O)(=O)N2CCc3sccc3[C@H]2C)CC1. The number of nitrogens with zero attached hydrogens (tertiary/aromatic N) is 2. The molecule has 0 saturated carbocycles. The van der Waals surface area contributed by atoms with E-state index >= 15 is 0 Å². The van der Waals surface area contributed by atoms with E-state index in [1.165, 1.54) is 10.4 Å². The monoisotopic (exact) mass is 314 g/mol.